The summed E-state index contributed by atoms with van der Waals surface area (Å²) in [5, 5.41) is 9.91. The van der Waals surface area contributed by atoms with Gasteiger partial charge in [0, 0.05) is 24.7 Å². The highest BCUT2D eigenvalue weighted by Crippen LogP contribution is 2.14. The van der Waals surface area contributed by atoms with Crippen molar-refractivity contribution in [3.8, 4) is 5.69 Å². The van der Waals surface area contributed by atoms with Crippen molar-refractivity contribution >= 4 is 11.7 Å². The summed E-state index contributed by atoms with van der Waals surface area (Å²) in [6.45, 7) is 2.67. The van der Waals surface area contributed by atoms with E-state index in [1.165, 1.54) is 0 Å². The van der Waals surface area contributed by atoms with Crippen molar-refractivity contribution in [2.24, 2.45) is 0 Å². The van der Waals surface area contributed by atoms with Crippen LogP contribution in [0.25, 0.3) is 5.69 Å². The van der Waals surface area contributed by atoms with Gasteiger partial charge in [-0.3, -0.25) is 0 Å². The van der Waals surface area contributed by atoms with Gasteiger partial charge in [0.1, 0.15) is 0 Å². The summed E-state index contributed by atoms with van der Waals surface area (Å²) in [6.07, 6.45) is 4.52. The lowest BCUT2D eigenvalue weighted by molar-refractivity contribution is 0.114. The van der Waals surface area contributed by atoms with Gasteiger partial charge in [-0.05, 0) is 43.7 Å². The number of rotatable bonds is 3. The number of urea groups is 1. The number of nitrogens with zero attached hydrogens (tertiary/aromatic N) is 2. The smallest absolute Gasteiger partial charge is 0.319 e. The van der Waals surface area contributed by atoms with E-state index in [1.807, 2.05) is 43.5 Å². The normalized spacial score (nSPS) is 21.2. The molecule has 1 saturated heterocycles. The van der Waals surface area contributed by atoms with Crippen LogP contribution in [0.5, 0.6) is 0 Å². The van der Waals surface area contributed by atoms with Gasteiger partial charge in [0.05, 0.1) is 17.8 Å². The number of aromatic nitrogens is 2. The maximum Gasteiger partial charge on any atom is 0.319 e. The fourth-order valence-electron chi connectivity index (χ4n) is 2.38. The van der Waals surface area contributed by atoms with E-state index in [9.17, 15) is 4.79 Å². The maximum atomic E-state index is 11.9. The van der Waals surface area contributed by atoms with Gasteiger partial charge in [-0.25, -0.2) is 9.48 Å². The molecule has 6 heteroatoms. The van der Waals surface area contributed by atoms with E-state index in [-0.39, 0.29) is 18.2 Å². The van der Waals surface area contributed by atoms with Gasteiger partial charge < -0.3 is 15.4 Å². The lowest BCUT2D eigenvalue weighted by Crippen LogP contribution is -2.41. The molecule has 2 heterocycles. The maximum absolute atomic E-state index is 11.9. The van der Waals surface area contributed by atoms with Crippen molar-refractivity contribution in [1.82, 2.24) is 15.1 Å². The Morgan fingerprint density at radius 2 is 2.19 bits per heavy atom. The Bertz CT molecular complexity index is 595. The molecule has 0 unspecified atom stereocenters. The summed E-state index contributed by atoms with van der Waals surface area (Å²) in [7, 11) is 0. The van der Waals surface area contributed by atoms with Crippen LogP contribution in [-0.2, 0) is 4.74 Å². The predicted octanol–water partition coefficient (Wildman–Crippen LogP) is 2.17. The van der Waals surface area contributed by atoms with Gasteiger partial charge in [-0.15, -0.1) is 0 Å². The van der Waals surface area contributed by atoms with Crippen LogP contribution in [0.3, 0.4) is 0 Å². The van der Waals surface area contributed by atoms with Gasteiger partial charge in [0.2, 0.25) is 0 Å². The molecule has 1 aromatic carbocycles. The molecule has 0 aliphatic carbocycles. The van der Waals surface area contributed by atoms with Crippen molar-refractivity contribution in [1.29, 1.82) is 0 Å². The van der Waals surface area contributed by atoms with Crippen molar-refractivity contribution in [2.45, 2.75) is 25.5 Å². The predicted molar refractivity (Wildman–Crippen MR) is 79.5 cm³/mol. The van der Waals surface area contributed by atoms with Crippen LogP contribution in [0.15, 0.2) is 42.7 Å². The first-order valence-electron chi connectivity index (χ1n) is 7.01. The highest BCUT2D eigenvalue weighted by molar-refractivity contribution is 5.89. The molecule has 1 aliphatic heterocycles. The second-order valence-corrected chi connectivity index (χ2v) is 5.07. The lowest BCUT2D eigenvalue weighted by Gasteiger charge is -2.16. The molecule has 1 aliphatic rings. The van der Waals surface area contributed by atoms with Crippen LogP contribution < -0.4 is 10.6 Å². The molecule has 6 nitrogen and oxygen atoms in total. The third-order valence-corrected chi connectivity index (χ3v) is 3.59. The number of amides is 2. The minimum Gasteiger partial charge on any atom is -0.376 e. The molecule has 2 atom stereocenters. The number of carbonyl (C=O) groups excluding carboxylic acids is 1. The van der Waals surface area contributed by atoms with Gasteiger partial charge >= 0.3 is 6.03 Å². The topological polar surface area (TPSA) is 68.2 Å². The second-order valence-electron chi connectivity index (χ2n) is 5.07. The number of hydrogen-bond acceptors (Lipinski definition) is 3. The van der Waals surface area contributed by atoms with E-state index in [1.54, 1.807) is 10.9 Å². The molecule has 0 spiro atoms. The molecule has 3 rings (SSSR count). The zero-order valence-corrected chi connectivity index (χ0v) is 11.8. The standard InChI is InChI=1S/C15H18N4O2/c1-11-14(7-10-21-11)18-15(20)17-12-3-5-13(6-4-12)19-9-2-8-16-19/h2-6,8-9,11,14H,7,10H2,1H3,(H2,17,18,20)/t11-,14-/m0/s1. The highest BCUT2D eigenvalue weighted by atomic mass is 16.5. The fourth-order valence-corrected chi connectivity index (χ4v) is 2.38. The molecule has 2 aromatic rings. The molecular weight excluding hydrogens is 268 g/mol. The Morgan fingerprint density at radius 3 is 2.81 bits per heavy atom. The van der Waals surface area contributed by atoms with Crippen LogP contribution in [0.4, 0.5) is 10.5 Å². The Balaban J connectivity index is 1.58. The number of carbonyl (C=O) groups is 1. The Labute approximate surface area is 123 Å². The van der Waals surface area contributed by atoms with Gasteiger partial charge in [0.15, 0.2) is 0 Å². The Kier molecular flexibility index (Phi) is 3.87. The minimum absolute atomic E-state index is 0.0675. The molecule has 21 heavy (non-hydrogen) atoms. The monoisotopic (exact) mass is 286 g/mol. The molecular formula is C15H18N4O2. The molecule has 2 amide bonds. The molecule has 0 saturated carbocycles. The van der Waals surface area contributed by atoms with E-state index >= 15 is 0 Å². The second kappa shape index (κ2) is 5.97. The fraction of sp³-hybridized carbons (Fsp3) is 0.333. The molecule has 1 fully saturated rings. The van der Waals surface area contributed by atoms with Crippen molar-refractivity contribution in [3.05, 3.63) is 42.7 Å². The van der Waals surface area contributed by atoms with Crippen molar-refractivity contribution in [2.75, 3.05) is 11.9 Å². The summed E-state index contributed by atoms with van der Waals surface area (Å²) < 4.78 is 7.19. The van der Waals surface area contributed by atoms with E-state index < -0.39 is 0 Å². The van der Waals surface area contributed by atoms with Gasteiger partial charge in [-0.1, -0.05) is 0 Å². The van der Waals surface area contributed by atoms with Gasteiger partial charge in [0.25, 0.3) is 0 Å². The number of hydrogen-bond donors (Lipinski definition) is 2. The zero-order valence-electron chi connectivity index (χ0n) is 11.8. The van der Waals surface area contributed by atoms with E-state index in [2.05, 4.69) is 15.7 Å². The van der Waals surface area contributed by atoms with Crippen LogP contribution in [-0.4, -0.2) is 34.6 Å². The summed E-state index contributed by atoms with van der Waals surface area (Å²) in [5.74, 6) is 0. The first kappa shape index (κ1) is 13.6. The van der Waals surface area contributed by atoms with Crippen LogP contribution in [0, 0.1) is 0 Å². The summed E-state index contributed by atoms with van der Waals surface area (Å²) in [4.78, 5) is 11.9. The highest BCUT2D eigenvalue weighted by Gasteiger charge is 2.25. The molecule has 2 N–H and O–H groups in total. The summed E-state index contributed by atoms with van der Waals surface area (Å²) >= 11 is 0. The first-order valence-corrected chi connectivity index (χ1v) is 7.01. The SMILES string of the molecule is C[C@@H]1OCC[C@@H]1NC(=O)Nc1ccc(-n2cccn2)cc1. The van der Waals surface area contributed by atoms with E-state index in [4.69, 9.17) is 4.74 Å². The van der Waals surface area contributed by atoms with Crippen molar-refractivity contribution < 1.29 is 9.53 Å². The summed E-state index contributed by atoms with van der Waals surface area (Å²) in [5.41, 5.74) is 1.69. The Hall–Kier alpha value is -2.34. The first-order chi connectivity index (χ1) is 10.2. The third-order valence-electron chi connectivity index (χ3n) is 3.59. The average molecular weight is 286 g/mol. The average Bonchev–Trinajstić information content (AvgIpc) is 3.12. The molecule has 0 bridgehead atoms. The quantitative estimate of drug-likeness (QED) is 0.908. The number of benzene rings is 1. The number of nitrogens with one attached hydrogen (secondary N) is 2. The van der Waals surface area contributed by atoms with Crippen LogP contribution in [0.1, 0.15) is 13.3 Å². The van der Waals surface area contributed by atoms with Gasteiger partial charge in [-0.2, -0.15) is 5.10 Å². The largest absolute Gasteiger partial charge is 0.376 e. The minimum atomic E-state index is -0.204. The molecule has 110 valence electrons. The molecule has 1 aromatic heterocycles. The Morgan fingerprint density at radius 1 is 1.38 bits per heavy atom. The van der Waals surface area contributed by atoms with E-state index in [0.717, 1.165) is 17.8 Å². The summed E-state index contributed by atoms with van der Waals surface area (Å²) in [6, 6.07) is 9.26. The zero-order chi connectivity index (χ0) is 14.7. The molecule has 0 radical (unpaired) electrons. The number of anilines is 1. The third kappa shape index (κ3) is 3.22. The van der Waals surface area contributed by atoms with E-state index in [0.29, 0.717) is 6.61 Å². The lowest BCUT2D eigenvalue weighted by atomic mass is 10.2. The van der Waals surface area contributed by atoms with Crippen LogP contribution >= 0.6 is 0 Å². The van der Waals surface area contributed by atoms with Crippen LogP contribution in [0.2, 0.25) is 0 Å². The van der Waals surface area contributed by atoms with Crippen molar-refractivity contribution in [3.63, 3.8) is 0 Å². The number of ether oxygens (including phenoxy) is 1.